The fraction of sp³-hybridized carbons (Fsp3) is 0.235. The lowest BCUT2D eigenvalue weighted by atomic mass is 9.88. The lowest BCUT2D eigenvalue weighted by Gasteiger charge is -2.45. The molecule has 0 radical (unpaired) electrons. The highest BCUT2D eigenvalue weighted by molar-refractivity contribution is 6.32. The Kier molecular flexibility index (Phi) is 4.38. The van der Waals surface area contributed by atoms with Gasteiger partial charge in [-0.15, -0.1) is 0 Å². The molecule has 0 unspecified atom stereocenters. The average molecular weight is 371 g/mol. The Morgan fingerprint density at radius 2 is 1.80 bits per heavy atom. The maximum absolute atomic E-state index is 12.7. The molecule has 2 aromatic rings. The summed E-state index contributed by atoms with van der Waals surface area (Å²) in [6.45, 7) is 0. The molecule has 25 heavy (non-hydrogen) atoms. The first-order chi connectivity index (χ1) is 11.7. The summed E-state index contributed by atoms with van der Waals surface area (Å²) in [7, 11) is 1.47. The number of β-lactam (4-membered cyclic amide) rings is 1. The third-order valence-electron chi connectivity index (χ3n) is 4.13. The summed E-state index contributed by atoms with van der Waals surface area (Å²) in [6.07, 6.45) is -4.42. The zero-order chi connectivity index (χ0) is 18.4. The predicted octanol–water partition coefficient (Wildman–Crippen LogP) is 3.78. The maximum atomic E-state index is 12.7. The number of hydrogen-bond acceptors (Lipinski definition) is 3. The van der Waals surface area contributed by atoms with Crippen LogP contribution in [0.5, 0.6) is 5.75 Å². The number of nitrogens with two attached hydrogens (primary N) is 1. The van der Waals surface area contributed by atoms with Crippen molar-refractivity contribution in [1.29, 1.82) is 0 Å². The van der Waals surface area contributed by atoms with E-state index in [9.17, 15) is 18.0 Å². The Labute approximate surface area is 146 Å². The third kappa shape index (κ3) is 3.05. The predicted molar refractivity (Wildman–Crippen MR) is 87.7 cm³/mol. The molecule has 1 saturated heterocycles. The number of hydrogen-bond donors (Lipinski definition) is 1. The summed E-state index contributed by atoms with van der Waals surface area (Å²) in [6, 6.07) is 8.05. The highest BCUT2D eigenvalue weighted by Gasteiger charge is 2.47. The van der Waals surface area contributed by atoms with Crippen molar-refractivity contribution < 1.29 is 22.7 Å². The van der Waals surface area contributed by atoms with Crippen molar-refractivity contribution in [3.05, 3.63) is 58.6 Å². The highest BCUT2D eigenvalue weighted by atomic mass is 35.5. The van der Waals surface area contributed by atoms with E-state index in [1.54, 1.807) is 18.2 Å². The molecule has 1 aliphatic heterocycles. The molecule has 2 aromatic carbocycles. The summed E-state index contributed by atoms with van der Waals surface area (Å²) in [5, 5.41) is 0.319. The van der Waals surface area contributed by atoms with Crippen LogP contribution in [-0.2, 0) is 11.0 Å². The summed E-state index contributed by atoms with van der Waals surface area (Å²) < 4.78 is 43.2. The quantitative estimate of drug-likeness (QED) is 0.836. The SMILES string of the molecule is COc1ccc(N2C(=O)[C@H](N)[C@H]2c2ccc(C(F)(F)F)cc2)cc1Cl. The number of alkyl halides is 3. The molecule has 2 N–H and O–H groups in total. The van der Waals surface area contributed by atoms with Crippen LogP contribution in [0.3, 0.4) is 0 Å². The second-order valence-electron chi connectivity index (χ2n) is 5.62. The van der Waals surface area contributed by atoms with E-state index in [0.29, 0.717) is 22.0 Å². The van der Waals surface area contributed by atoms with Gasteiger partial charge < -0.3 is 15.4 Å². The van der Waals surface area contributed by atoms with Crippen LogP contribution in [0.25, 0.3) is 0 Å². The van der Waals surface area contributed by atoms with E-state index in [0.717, 1.165) is 12.1 Å². The number of carbonyl (C=O) groups is 1. The molecule has 0 aromatic heterocycles. The fourth-order valence-electron chi connectivity index (χ4n) is 2.83. The number of nitrogens with zero attached hydrogens (tertiary/aromatic N) is 1. The molecular formula is C17H14ClF3N2O2. The number of ether oxygens (including phenoxy) is 1. The monoisotopic (exact) mass is 370 g/mol. The maximum Gasteiger partial charge on any atom is 0.416 e. The van der Waals surface area contributed by atoms with Gasteiger partial charge in [-0.3, -0.25) is 4.79 Å². The van der Waals surface area contributed by atoms with Gasteiger partial charge in [0.1, 0.15) is 11.8 Å². The van der Waals surface area contributed by atoms with Crippen molar-refractivity contribution in [2.45, 2.75) is 18.3 Å². The molecule has 3 rings (SSSR count). The van der Waals surface area contributed by atoms with E-state index in [4.69, 9.17) is 22.1 Å². The number of halogens is 4. The standard InChI is InChI=1S/C17H14ClF3N2O2/c1-25-13-7-6-11(8-12(13)18)23-15(14(22)16(23)24)9-2-4-10(5-3-9)17(19,20)21/h2-8,14-15H,22H2,1H3/t14-,15-/m1/s1. The smallest absolute Gasteiger partial charge is 0.416 e. The van der Waals surface area contributed by atoms with Crippen LogP contribution >= 0.6 is 11.6 Å². The molecule has 132 valence electrons. The van der Waals surface area contributed by atoms with Gasteiger partial charge in [0.25, 0.3) is 0 Å². The van der Waals surface area contributed by atoms with E-state index in [1.807, 2.05) is 0 Å². The number of rotatable bonds is 3. The summed E-state index contributed by atoms with van der Waals surface area (Å²) in [5.74, 6) is 0.125. The first kappa shape index (κ1) is 17.6. The van der Waals surface area contributed by atoms with Crippen molar-refractivity contribution >= 4 is 23.2 Å². The van der Waals surface area contributed by atoms with Crippen LogP contribution in [0.1, 0.15) is 17.2 Å². The van der Waals surface area contributed by atoms with Crippen molar-refractivity contribution in [3.63, 3.8) is 0 Å². The molecule has 4 nitrogen and oxygen atoms in total. The number of carbonyl (C=O) groups excluding carboxylic acids is 1. The van der Waals surface area contributed by atoms with Crippen molar-refractivity contribution in [2.24, 2.45) is 5.73 Å². The van der Waals surface area contributed by atoms with E-state index in [-0.39, 0.29) is 5.91 Å². The molecule has 1 fully saturated rings. The first-order valence-electron chi connectivity index (χ1n) is 7.33. The lowest BCUT2D eigenvalue weighted by Crippen LogP contribution is -2.63. The molecule has 0 spiro atoms. The Hall–Kier alpha value is -2.25. The van der Waals surface area contributed by atoms with Crippen molar-refractivity contribution in [3.8, 4) is 5.75 Å². The van der Waals surface area contributed by atoms with Gasteiger partial charge in [-0.25, -0.2) is 0 Å². The second-order valence-corrected chi connectivity index (χ2v) is 6.02. The zero-order valence-corrected chi connectivity index (χ0v) is 13.8. The van der Waals surface area contributed by atoms with E-state index >= 15 is 0 Å². The first-order valence-corrected chi connectivity index (χ1v) is 7.71. The Morgan fingerprint density at radius 3 is 2.32 bits per heavy atom. The molecular weight excluding hydrogens is 357 g/mol. The van der Waals surface area contributed by atoms with Gasteiger partial charge in [-0.2, -0.15) is 13.2 Å². The number of anilines is 1. The molecule has 1 aliphatic rings. The fourth-order valence-corrected chi connectivity index (χ4v) is 3.08. The minimum atomic E-state index is -4.42. The van der Waals surface area contributed by atoms with Gasteiger partial charge in [-0.05, 0) is 35.9 Å². The van der Waals surface area contributed by atoms with E-state index in [2.05, 4.69) is 0 Å². The Morgan fingerprint density at radius 1 is 1.16 bits per heavy atom. The van der Waals surface area contributed by atoms with Crippen LogP contribution in [0.2, 0.25) is 5.02 Å². The Bertz CT molecular complexity index is 809. The second kappa shape index (κ2) is 6.24. The minimum absolute atomic E-state index is 0.319. The molecule has 1 heterocycles. The topological polar surface area (TPSA) is 55.6 Å². The zero-order valence-electron chi connectivity index (χ0n) is 13.0. The van der Waals surface area contributed by atoms with Gasteiger partial charge in [0.05, 0.1) is 23.7 Å². The average Bonchev–Trinajstić information content (AvgIpc) is 2.58. The molecule has 8 heteroatoms. The lowest BCUT2D eigenvalue weighted by molar-refractivity contribution is -0.137. The van der Waals surface area contributed by atoms with Crippen LogP contribution in [0.4, 0.5) is 18.9 Å². The third-order valence-corrected chi connectivity index (χ3v) is 4.43. The number of amides is 1. The summed E-state index contributed by atoms with van der Waals surface area (Å²) in [5.41, 5.74) is 6.14. The molecule has 0 saturated carbocycles. The summed E-state index contributed by atoms with van der Waals surface area (Å²) in [4.78, 5) is 13.6. The van der Waals surface area contributed by atoms with Crippen LogP contribution in [0, 0.1) is 0 Å². The van der Waals surface area contributed by atoms with Gasteiger partial charge >= 0.3 is 6.18 Å². The van der Waals surface area contributed by atoms with E-state index < -0.39 is 23.8 Å². The summed E-state index contributed by atoms with van der Waals surface area (Å²) >= 11 is 6.08. The Balaban J connectivity index is 1.92. The largest absolute Gasteiger partial charge is 0.495 e. The van der Waals surface area contributed by atoms with Gasteiger partial charge in [-0.1, -0.05) is 23.7 Å². The van der Waals surface area contributed by atoms with Crippen LogP contribution in [-0.4, -0.2) is 19.1 Å². The molecule has 2 atom stereocenters. The van der Waals surface area contributed by atoms with Gasteiger partial charge in [0.2, 0.25) is 5.91 Å². The van der Waals surface area contributed by atoms with Crippen molar-refractivity contribution in [2.75, 3.05) is 12.0 Å². The number of methoxy groups -OCH3 is 1. The highest BCUT2D eigenvalue weighted by Crippen LogP contribution is 2.41. The van der Waals surface area contributed by atoms with Crippen LogP contribution in [0.15, 0.2) is 42.5 Å². The number of benzene rings is 2. The van der Waals surface area contributed by atoms with Crippen molar-refractivity contribution in [1.82, 2.24) is 0 Å². The molecule has 1 amide bonds. The van der Waals surface area contributed by atoms with E-state index in [1.165, 1.54) is 24.1 Å². The minimum Gasteiger partial charge on any atom is -0.495 e. The molecule has 0 aliphatic carbocycles. The van der Waals surface area contributed by atoms with Gasteiger partial charge in [0.15, 0.2) is 0 Å². The van der Waals surface area contributed by atoms with Crippen LogP contribution < -0.4 is 15.4 Å². The molecule has 0 bridgehead atoms. The normalized spacial score (nSPS) is 20.4. The van der Waals surface area contributed by atoms with Gasteiger partial charge in [0, 0.05) is 5.69 Å².